The van der Waals surface area contributed by atoms with Crippen LogP contribution < -0.4 is 4.74 Å². The van der Waals surface area contributed by atoms with E-state index in [4.69, 9.17) is 19.2 Å². The lowest BCUT2D eigenvalue weighted by Crippen LogP contribution is -2.24. The standard InChI is InChI=1S/C20H21NO3/c1-3-10-18-15(7-1)16(9-5-12-20-22-13-6-14-23-20)21-17-8-2-4-11-19(17)24-18/h1-4,7-8,10-11,20H,5-6,9,12-14H2. The fraction of sp³-hybridized carbons (Fsp3) is 0.350. The first-order valence-electron chi connectivity index (χ1n) is 8.57. The lowest BCUT2D eigenvalue weighted by Gasteiger charge is -2.23. The Bertz CT molecular complexity index is 735. The van der Waals surface area contributed by atoms with Crippen LogP contribution in [0, 0.1) is 0 Å². The fourth-order valence-electron chi connectivity index (χ4n) is 3.08. The third kappa shape index (κ3) is 3.35. The fourth-order valence-corrected chi connectivity index (χ4v) is 3.08. The molecule has 0 aliphatic carbocycles. The van der Waals surface area contributed by atoms with Gasteiger partial charge in [0.05, 0.1) is 18.9 Å². The molecule has 4 rings (SSSR count). The van der Waals surface area contributed by atoms with E-state index in [9.17, 15) is 0 Å². The van der Waals surface area contributed by atoms with E-state index in [1.54, 1.807) is 0 Å². The minimum atomic E-state index is -0.0658. The molecule has 0 unspecified atom stereocenters. The summed E-state index contributed by atoms with van der Waals surface area (Å²) in [4.78, 5) is 4.87. The van der Waals surface area contributed by atoms with Crippen molar-refractivity contribution in [3.05, 3.63) is 54.1 Å². The van der Waals surface area contributed by atoms with Crippen LogP contribution in [0.1, 0.15) is 31.2 Å². The van der Waals surface area contributed by atoms with Gasteiger partial charge in [0, 0.05) is 5.56 Å². The molecule has 0 spiro atoms. The molecule has 1 fully saturated rings. The second-order valence-electron chi connectivity index (χ2n) is 6.04. The van der Waals surface area contributed by atoms with Crippen molar-refractivity contribution in [2.24, 2.45) is 4.99 Å². The second kappa shape index (κ2) is 7.16. The molecule has 2 aliphatic rings. The average Bonchev–Trinajstić information content (AvgIpc) is 2.79. The maximum absolute atomic E-state index is 6.06. The SMILES string of the molecule is c1ccc2c(c1)N=C(CCCC1OCCCO1)c1ccccc1O2. The van der Waals surface area contributed by atoms with Gasteiger partial charge in [0.1, 0.15) is 11.4 Å². The first kappa shape index (κ1) is 15.4. The lowest BCUT2D eigenvalue weighted by molar-refractivity contribution is -0.181. The second-order valence-corrected chi connectivity index (χ2v) is 6.04. The molecule has 4 heteroatoms. The number of benzene rings is 2. The number of ether oxygens (including phenoxy) is 3. The Balaban J connectivity index is 1.54. The molecule has 0 N–H and O–H groups in total. The van der Waals surface area contributed by atoms with Gasteiger partial charge in [-0.05, 0) is 49.9 Å². The van der Waals surface area contributed by atoms with Gasteiger partial charge in [-0.1, -0.05) is 24.3 Å². The minimum absolute atomic E-state index is 0.0658. The molecule has 4 nitrogen and oxygen atoms in total. The molecule has 0 aromatic heterocycles. The van der Waals surface area contributed by atoms with Crippen molar-refractivity contribution in [1.82, 2.24) is 0 Å². The van der Waals surface area contributed by atoms with E-state index in [0.717, 1.165) is 67.4 Å². The summed E-state index contributed by atoms with van der Waals surface area (Å²) in [7, 11) is 0. The predicted molar refractivity (Wildman–Crippen MR) is 93.3 cm³/mol. The molecule has 0 amide bonds. The van der Waals surface area contributed by atoms with Crippen molar-refractivity contribution in [3.63, 3.8) is 0 Å². The summed E-state index contributed by atoms with van der Waals surface area (Å²) >= 11 is 0. The quantitative estimate of drug-likeness (QED) is 0.808. The molecule has 0 atom stereocenters. The van der Waals surface area contributed by atoms with Gasteiger partial charge in [-0.25, -0.2) is 4.99 Å². The van der Waals surface area contributed by atoms with E-state index in [1.807, 2.05) is 42.5 Å². The zero-order chi connectivity index (χ0) is 16.2. The number of aliphatic imine (C=N–C) groups is 1. The predicted octanol–water partition coefficient (Wildman–Crippen LogP) is 4.85. The van der Waals surface area contributed by atoms with Crippen molar-refractivity contribution >= 4 is 11.4 Å². The van der Waals surface area contributed by atoms with Crippen LogP contribution in [0.4, 0.5) is 5.69 Å². The van der Waals surface area contributed by atoms with Gasteiger partial charge in [0.25, 0.3) is 0 Å². The monoisotopic (exact) mass is 323 g/mol. The van der Waals surface area contributed by atoms with Crippen molar-refractivity contribution < 1.29 is 14.2 Å². The van der Waals surface area contributed by atoms with Gasteiger partial charge >= 0.3 is 0 Å². The third-order valence-corrected chi connectivity index (χ3v) is 4.29. The maximum atomic E-state index is 6.06. The van der Waals surface area contributed by atoms with Crippen molar-refractivity contribution in [3.8, 4) is 11.5 Å². The number of hydrogen-bond donors (Lipinski definition) is 0. The summed E-state index contributed by atoms with van der Waals surface area (Å²) in [5.74, 6) is 1.67. The normalized spacial score (nSPS) is 17.2. The Kier molecular flexibility index (Phi) is 4.58. The van der Waals surface area contributed by atoms with E-state index in [2.05, 4.69) is 6.07 Å². The van der Waals surface area contributed by atoms with E-state index in [0.29, 0.717) is 0 Å². The molecule has 0 radical (unpaired) electrons. The van der Waals surface area contributed by atoms with Crippen molar-refractivity contribution in [1.29, 1.82) is 0 Å². The zero-order valence-corrected chi connectivity index (χ0v) is 13.6. The van der Waals surface area contributed by atoms with Crippen molar-refractivity contribution in [2.45, 2.75) is 32.0 Å². The van der Waals surface area contributed by atoms with Gasteiger partial charge in [-0.2, -0.15) is 0 Å². The van der Waals surface area contributed by atoms with Crippen LogP contribution in [-0.4, -0.2) is 25.2 Å². The van der Waals surface area contributed by atoms with E-state index in [1.165, 1.54) is 0 Å². The smallest absolute Gasteiger partial charge is 0.157 e. The average molecular weight is 323 g/mol. The largest absolute Gasteiger partial charge is 0.454 e. The molecule has 24 heavy (non-hydrogen) atoms. The molecule has 2 heterocycles. The number of hydrogen-bond acceptors (Lipinski definition) is 4. The molecule has 0 bridgehead atoms. The van der Waals surface area contributed by atoms with E-state index in [-0.39, 0.29) is 6.29 Å². The summed E-state index contributed by atoms with van der Waals surface area (Å²) in [5.41, 5.74) is 3.01. The molecule has 124 valence electrons. The van der Waals surface area contributed by atoms with Gasteiger partial charge < -0.3 is 14.2 Å². The van der Waals surface area contributed by atoms with Crippen LogP contribution in [0.3, 0.4) is 0 Å². The molecule has 1 saturated heterocycles. The third-order valence-electron chi connectivity index (χ3n) is 4.29. The Labute approximate surface area is 142 Å². The Morgan fingerprint density at radius 2 is 1.67 bits per heavy atom. The molecule has 2 aromatic carbocycles. The van der Waals surface area contributed by atoms with E-state index < -0.39 is 0 Å². The highest BCUT2D eigenvalue weighted by molar-refractivity contribution is 6.05. The van der Waals surface area contributed by atoms with Crippen LogP contribution in [0.25, 0.3) is 0 Å². The number of nitrogens with zero attached hydrogens (tertiary/aromatic N) is 1. The molecular formula is C20H21NO3. The van der Waals surface area contributed by atoms with Gasteiger partial charge in [-0.3, -0.25) is 0 Å². The van der Waals surface area contributed by atoms with Crippen LogP contribution in [0.2, 0.25) is 0 Å². The lowest BCUT2D eigenvalue weighted by atomic mass is 10.0. The topological polar surface area (TPSA) is 40.0 Å². The Morgan fingerprint density at radius 1 is 0.917 bits per heavy atom. The highest BCUT2D eigenvalue weighted by Gasteiger charge is 2.19. The first-order valence-corrected chi connectivity index (χ1v) is 8.57. The number of rotatable bonds is 4. The summed E-state index contributed by atoms with van der Waals surface area (Å²) in [6.45, 7) is 1.60. The molecule has 2 aliphatic heterocycles. The highest BCUT2D eigenvalue weighted by Crippen LogP contribution is 2.38. The maximum Gasteiger partial charge on any atom is 0.157 e. The Hall–Kier alpha value is -2.17. The summed E-state index contributed by atoms with van der Waals surface area (Å²) in [6, 6.07) is 16.0. The summed E-state index contributed by atoms with van der Waals surface area (Å²) in [6.07, 6.45) is 3.66. The van der Waals surface area contributed by atoms with Gasteiger partial charge in [0.2, 0.25) is 0 Å². The number of fused-ring (bicyclic) bond motifs is 2. The first-order chi connectivity index (χ1) is 11.9. The van der Waals surface area contributed by atoms with Gasteiger partial charge in [-0.15, -0.1) is 0 Å². The Morgan fingerprint density at radius 3 is 2.54 bits per heavy atom. The molecular weight excluding hydrogens is 302 g/mol. The summed E-state index contributed by atoms with van der Waals surface area (Å²) < 4.78 is 17.3. The van der Waals surface area contributed by atoms with E-state index >= 15 is 0 Å². The van der Waals surface area contributed by atoms with Crippen LogP contribution in [-0.2, 0) is 9.47 Å². The van der Waals surface area contributed by atoms with Crippen molar-refractivity contribution in [2.75, 3.05) is 13.2 Å². The minimum Gasteiger partial charge on any atom is -0.454 e. The molecule has 0 saturated carbocycles. The van der Waals surface area contributed by atoms with Crippen LogP contribution in [0.5, 0.6) is 11.5 Å². The van der Waals surface area contributed by atoms with Crippen LogP contribution >= 0.6 is 0 Å². The van der Waals surface area contributed by atoms with Crippen LogP contribution in [0.15, 0.2) is 53.5 Å². The van der Waals surface area contributed by atoms with Gasteiger partial charge in [0.15, 0.2) is 12.0 Å². The zero-order valence-electron chi connectivity index (χ0n) is 13.6. The molecule has 2 aromatic rings. The summed E-state index contributed by atoms with van der Waals surface area (Å²) in [5, 5.41) is 0. The number of para-hydroxylation sites is 3. The highest BCUT2D eigenvalue weighted by atomic mass is 16.7.